The number of allylic oxidation sites excluding steroid dienone is 2. The molecule has 124 valence electrons. The highest BCUT2D eigenvalue weighted by Crippen LogP contribution is 2.12. The molecule has 0 aromatic rings. The molecule has 0 radical (unpaired) electrons. The Morgan fingerprint density at radius 1 is 0.810 bits per heavy atom. The number of unbranched alkanes of at least 4 members (excludes halogenated alkanes) is 9. The molecule has 0 amide bonds. The van der Waals surface area contributed by atoms with Crippen LogP contribution in [0, 0.1) is 5.92 Å². The van der Waals surface area contributed by atoms with Crippen molar-refractivity contribution < 1.29 is 9.90 Å². The molecule has 0 saturated heterocycles. The van der Waals surface area contributed by atoms with Crippen molar-refractivity contribution in [1.82, 2.24) is 0 Å². The number of carboxylic acids is 1. The van der Waals surface area contributed by atoms with E-state index in [4.69, 9.17) is 5.11 Å². The molecule has 0 spiro atoms. The molecule has 2 nitrogen and oxygen atoms in total. The van der Waals surface area contributed by atoms with E-state index in [-0.39, 0.29) is 0 Å². The van der Waals surface area contributed by atoms with Crippen molar-refractivity contribution in [3.8, 4) is 0 Å². The molecule has 0 aliphatic carbocycles. The highest BCUT2D eigenvalue weighted by Gasteiger charge is 1.95. The molecule has 0 bridgehead atoms. The zero-order valence-corrected chi connectivity index (χ0v) is 14.3. The van der Waals surface area contributed by atoms with Crippen molar-refractivity contribution in [3.05, 3.63) is 12.2 Å². The average molecular weight is 296 g/mol. The van der Waals surface area contributed by atoms with Crippen molar-refractivity contribution in [2.24, 2.45) is 5.92 Å². The van der Waals surface area contributed by atoms with E-state index >= 15 is 0 Å². The van der Waals surface area contributed by atoms with Gasteiger partial charge < -0.3 is 5.11 Å². The lowest BCUT2D eigenvalue weighted by atomic mass is 10.0. The van der Waals surface area contributed by atoms with Crippen molar-refractivity contribution >= 4 is 5.97 Å². The third kappa shape index (κ3) is 19.2. The van der Waals surface area contributed by atoms with Gasteiger partial charge >= 0.3 is 5.97 Å². The quantitative estimate of drug-likeness (QED) is 0.282. The second-order valence-electron chi connectivity index (χ2n) is 6.56. The van der Waals surface area contributed by atoms with Gasteiger partial charge in [0.15, 0.2) is 0 Å². The summed E-state index contributed by atoms with van der Waals surface area (Å²) in [5.41, 5.74) is 0. The summed E-state index contributed by atoms with van der Waals surface area (Å²) in [5.74, 6) is 0.189. The third-order valence-corrected chi connectivity index (χ3v) is 3.83. The topological polar surface area (TPSA) is 37.3 Å². The molecule has 0 heterocycles. The Bertz CT molecular complexity index is 256. The number of carbonyl (C=O) groups is 1. The molecule has 0 aromatic carbocycles. The first-order chi connectivity index (χ1) is 10.1. The second-order valence-corrected chi connectivity index (χ2v) is 6.56. The first kappa shape index (κ1) is 20.2. The Labute approximate surface area is 132 Å². The molecule has 0 unspecified atom stereocenters. The minimum Gasteiger partial charge on any atom is -0.481 e. The normalized spacial score (nSPS) is 11.6. The largest absolute Gasteiger partial charge is 0.481 e. The number of aliphatic carboxylic acids is 1. The molecule has 21 heavy (non-hydrogen) atoms. The van der Waals surface area contributed by atoms with Gasteiger partial charge in [-0.15, -0.1) is 0 Å². The van der Waals surface area contributed by atoms with E-state index in [2.05, 4.69) is 26.0 Å². The highest BCUT2D eigenvalue weighted by atomic mass is 16.4. The minimum absolute atomic E-state index is 0.320. The van der Waals surface area contributed by atoms with Crippen LogP contribution in [0.3, 0.4) is 0 Å². The van der Waals surface area contributed by atoms with E-state index in [0.29, 0.717) is 6.42 Å². The molecule has 0 aliphatic heterocycles. The lowest BCUT2D eigenvalue weighted by Gasteiger charge is -2.03. The highest BCUT2D eigenvalue weighted by molar-refractivity contribution is 5.66. The van der Waals surface area contributed by atoms with Crippen molar-refractivity contribution in [3.63, 3.8) is 0 Å². The summed E-state index contributed by atoms with van der Waals surface area (Å²) in [4.78, 5) is 10.3. The smallest absolute Gasteiger partial charge is 0.303 e. The Morgan fingerprint density at radius 3 is 1.81 bits per heavy atom. The van der Waals surface area contributed by atoms with E-state index in [1.807, 2.05) is 0 Å². The Balaban J connectivity index is 3.10. The van der Waals surface area contributed by atoms with Crippen LogP contribution in [0.1, 0.15) is 97.3 Å². The lowest BCUT2D eigenvalue weighted by Crippen LogP contribution is -1.93. The standard InChI is InChI=1S/C19H36O2/c1-18(2)16-14-12-10-8-6-4-3-5-7-9-11-13-15-17-19(20)21/h5,7,18H,3-4,6,8-17H2,1-2H3,(H,20,21)/b7-5-. The van der Waals surface area contributed by atoms with Gasteiger partial charge in [-0.25, -0.2) is 0 Å². The van der Waals surface area contributed by atoms with Gasteiger partial charge in [-0.3, -0.25) is 4.79 Å². The monoisotopic (exact) mass is 296 g/mol. The van der Waals surface area contributed by atoms with E-state index < -0.39 is 5.97 Å². The van der Waals surface area contributed by atoms with Gasteiger partial charge in [-0.05, 0) is 38.0 Å². The molecular weight excluding hydrogens is 260 g/mol. The second kappa shape index (κ2) is 15.6. The molecule has 0 rings (SSSR count). The van der Waals surface area contributed by atoms with Crippen LogP contribution < -0.4 is 0 Å². The maximum Gasteiger partial charge on any atom is 0.303 e. The van der Waals surface area contributed by atoms with Crippen LogP contribution in [0.25, 0.3) is 0 Å². The predicted molar refractivity (Wildman–Crippen MR) is 91.6 cm³/mol. The summed E-state index contributed by atoms with van der Waals surface area (Å²) < 4.78 is 0. The fraction of sp³-hybridized carbons (Fsp3) is 0.842. The van der Waals surface area contributed by atoms with Gasteiger partial charge in [0.05, 0.1) is 0 Å². The number of carboxylic acid groups (broad SMARTS) is 1. The van der Waals surface area contributed by atoms with Crippen LogP contribution in [-0.2, 0) is 4.79 Å². The molecule has 0 saturated carbocycles. The van der Waals surface area contributed by atoms with Crippen LogP contribution >= 0.6 is 0 Å². The van der Waals surface area contributed by atoms with Crippen LogP contribution in [0.5, 0.6) is 0 Å². The van der Waals surface area contributed by atoms with Crippen molar-refractivity contribution in [2.45, 2.75) is 97.3 Å². The van der Waals surface area contributed by atoms with E-state index in [1.54, 1.807) is 0 Å². The first-order valence-electron chi connectivity index (χ1n) is 8.99. The molecular formula is C19H36O2. The maximum absolute atomic E-state index is 10.3. The Kier molecular flexibility index (Phi) is 15.0. The minimum atomic E-state index is -0.672. The molecule has 0 aromatic heterocycles. The number of hydrogen-bond donors (Lipinski definition) is 1. The maximum atomic E-state index is 10.3. The SMILES string of the molecule is CC(C)CCCCCCCC/C=C\CCCCCC(=O)O. The zero-order valence-electron chi connectivity index (χ0n) is 14.3. The lowest BCUT2D eigenvalue weighted by molar-refractivity contribution is -0.137. The van der Waals surface area contributed by atoms with Crippen molar-refractivity contribution in [1.29, 1.82) is 0 Å². The van der Waals surface area contributed by atoms with E-state index in [9.17, 15) is 4.79 Å². The number of hydrogen-bond acceptors (Lipinski definition) is 1. The first-order valence-corrected chi connectivity index (χ1v) is 8.99. The van der Waals surface area contributed by atoms with Gasteiger partial charge in [0.2, 0.25) is 0 Å². The fourth-order valence-corrected chi connectivity index (χ4v) is 2.47. The van der Waals surface area contributed by atoms with Crippen LogP contribution in [0.15, 0.2) is 12.2 Å². The molecule has 0 fully saturated rings. The van der Waals surface area contributed by atoms with Gasteiger partial charge in [0, 0.05) is 6.42 Å². The zero-order chi connectivity index (χ0) is 15.8. The molecule has 2 heteroatoms. The van der Waals surface area contributed by atoms with Gasteiger partial charge in [-0.1, -0.05) is 70.9 Å². The van der Waals surface area contributed by atoms with Crippen LogP contribution in [-0.4, -0.2) is 11.1 Å². The molecule has 1 N–H and O–H groups in total. The summed E-state index contributed by atoms with van der Waals surface area (Å²) in [7, 11) is 0. The summed E-state index contributed by atoms with van der Waals surface area (Å²) in [6.45, 7) is 4.61. The predicted octanol–water partition coefficient (Wildman–Crippen LogP) is 6.35. The summed E-state index contributed by atoms with van der Waals surface area (Å²) in [6.07, 6.45) is 19.9. The summed E-state index contributed by atoms with van der Waals surface area (Å²) in [5, 5.41) is 8.51. The third-order valence-electron chi connectivity index (χ3n) is 3.83. The van der Waals surface area contributed by atoms with Crippen molar-refractivity contribution in [2.75, 3.05) is 0 Å². The fourth-order valence-electron chi connectivity index (χ4n) is 2.47. The van der Waals surface area contributed by atoms with Crippen LogP contribution in [0.4, 0.5) is 0 Å². The molecule has 0 atom stereocenters. The van der Waals surface area contributed by atoms with E-state index in [0.717, 1.165) is 31.6 Å². The van der Waals surface area contributed by atoms with Gasteiger partial charge in [0.1, 0.15) is 0 Å². The van der Waals surface area contributed by atoms with E-state index in [1.165, 1.54) is 51.4 Å². The Hall–Kier alpha value is -0.790. The Morgan fingerprint density at radius 2 is 1.29 bits per heavy atom. The van der Waals surface area contributed by atoms with Gasteiger partial charge in [-0.2, -0.15) is 0 Å². The summed E-state index contributed by atoms with van der Waals surface area (Å²) in [6, 6.07) is 0. The van der Waals surface area contributed by atoms with Gasteiger partial charge in [0.25, 0.3) is 0 Å². The van der Waals surface area contributed by atoms with Crippen LogP contribution in [0.2, 0.25) is 0 Å². The average Bonchev–Trinajstić information content (AvgIpc) is 2.42. The summed E-state index contributed by atoms with van der Waals surface area (Å²) >= 11 is 0. The number of rotatable bonds is 15. The molecule has 0 aliphatic rings.